The van der Waals surface area contributed by atoms with Crippen molar-refractivity contribution < 1.29 is 41.1 Å². The van der Waals surface area contributed by atoms with E-state index in [4.69, 9.17) is 4.74 Å². The Morgan fingerprint density at radius 3 is 1.62 bits per heavy atom. The number of carbonyl (C=O) groups excluding carboxylic acids is 3. The summed E-state index contributed by atoms with van der Waals surface area (Å²) in [6.07, 6.45) is 4.30. The molecule has 0 spiro atoms. The van der Waals surface area contributed by atoms with Gasteiger partial charge in [-0.25, -0.2) is 4.79 Å². The highest BCUT2D eigenvalue weighted by molar-refractivity contribution is 5.93. The minimum atomic E-state index is -6.11. The lowest BCUT2D eigenvalue weighted by Crippen LogP contribution is -2.60. The summed E-state index contributed by atoms with van der Waals surface area (Å²) in [6.45, 7) is 8.79. The molecule has 0 aliphatic heterocycles. The summed E-state index contributed by atoms with van der Waals surface area (Å²) in [4.78, 5) is 37.3. The summed E-state index contributed by atoms with van der Waals surface area (Å²) in [5.41, 5.74) is 0. The van der Waals surface area contributed by atoms with E-state index in [9.17, 15) is 36.3 Å². The van der Waals surface area contributed by atoms with Gasteiger partial charge in [0.15, 0.2) is 0 Å². The molecule has 2 N–H and O–H groups in total. The molecule has 2 amide bonds. The molecule has 4 atom stereocenters. The smallest absolute Gasteiger partial charge is 0.463 e. The highest BCUT2D eigenvalue weighted by Gasteiger charge is 2.63. The molecule has 218 valence electrons. The normalized spacial score (nSPS) is 15.4. The van der Waals surface area contributed by atoms with Gasteiger partial charge in [-0.2, -0.15) is 22.0 Å². The molecule has 0 radical (unpaired) electrons. The Labute approximate surface area is 217 Å². The van der Waals surface area contributed by atoms with Crippen LogP contribution in [0.25, 0.3) is 0 Å². The molecular weight excluding hydrogens is 499 g/mol. The van der Waals surface area contributed by atoms with Gasteiger partial charge in [0.05, 0.1) is 6.61 Å². The van der Waals surface area contributed by atoms with Crippen molar-refractivity contribution in [1.82, 2.24) is 10.6 Å². The summed E-state index contributed by atoms with van der Waals surface area (Å²) in [5, 5.41) is 3.94. The van der Waals surface area contributed by atoms with Crippen LogP contribution in [-0.2, 0) is 19.1 Å². The second-order valence-corrected chi connectivity index (χ2v) is 9.78. The Hall–Kier alpha value is -1.94. The number of unbranched alkanes of at least 4 members (excludes halogenated alkanes) is 8. The van der Waals surface area contributed by atoms with Crippen LogP contribution in [0.4, 0.5) is 22.0 Å². The quantitative estimate of drug-likeness (QED) is 0.113. The maximum atomic E-state index is 13.5. The molecule has 6 nitrogen and oxygen atoms in total. The predicted molar refractivity (Wildman–Crippen MR) is 132 cm³/mol. The van der Waals surface area contributed by atoms with Crippen molar-refractivity contribution >= 4 is 17.8 Å². The number of rotatable bonds is 19. The first-order valence-corrected chi connectivity index (χ1v) is 13.5. The van der Waals surface area contributed by atoms with Crippen LogP contribution in [0.1, 0.15) is 105 Å². The minimum absolute atomic E-state index is 0.154. The molecule has 0 rings (SSSR count). The van der Waals surface area contributed by atoms with E-state index in [0.717, 1.165) is 19.3 Å². The Bertz CT molecular complexity index is 688. The van der Waals surface area contributed by atoms with E-state index in [0.29, 0.717) is 12.8 Å². The molecule has 0 aromatic heterocycles. The summed E-state index contributed by atoms with van der Waals surface area (Å²) in [5.74, 6) is -11.2. The first kappa shape index (κ1) is 35.1. The van der Waals surface area contributed by atoms with Gasteiger partial charge < -0.3 is 15.4 Å². The van der Waals surface area contributed by atoms with Gasteiger partial charge in [0.25, 0.3) is 0 Å². The first-order valence-electron chi connectivity index (χ1n) is 13.5. The summed E-state index contributed by atoms with van der Waals surface area (Å²) in [6, 6.07) is -2.83. The highest BCUT2D eigenvalue weighted by atomic mass is 19.4. The van der Waals surface area contributed by atoms with Crippen molar-refractivity contribution in [3.8, 4) is 0 Å². The van der Waals surface area contributed by atoms with Crippen LogP contribution < -0.4 is 10.6 Å². The fourth-order valence-corrected chi connectivity index (χ4v) is 3.65. The van der Waals surface area contributed by atoms with Gasteiger partial charge in [-0.1, -0.05) is 98.8 Å². The lowest BCUT2D eigenvalue weighted by molar-refractivity contribution is -0.270. The zero-order valence-corrected chi connectivity index (χ0v) is 22.8. The third kappa shape index (κ3) is 12.4. The van der Waals surface area contributed by atoms with Crippen molar-refractivity contribution in [2.24, 2.45) is 11.8 Å². The minimum Gasteiger partial charge on any atom is -0.464 e. The van der Waals surface area contributed by atoms with Gasteiger partial charge in [0, 0.05) is 0 Å². The topological polar surface area (TPSA) is 84.5 Å². The Balaban J connectivity index is 5.02. The van der Waals surface area contributed by atoms with Crippen LogP contribution >= 0.6 is 0 Å². The van der Waals surface area contributed by atoms with Gasteiger partial charge in [0.2, 0.25) is 5.91 Å². The van der Waals surface area contributed by atoms with Crippen molar-refractivity contribution in [2.45, 2.75) is 129 Å². The highest BCUT2D eigenvalue weighted by Crippen LogP contribution is 2.35. The van der Waals surface area contributed by atoms with E-state index in [2.05, 4.69) is 12.2 Å². The van der Waals surface area contributed by atoms with Crippen LogP contribution in [0.15, 0.2) is 0 Å². The molecule has 0 aliphatic rings. The van der Waals surface area contributed by atoms with Crippen LogP contribution in [0.3, 0.4) is 0 Å². The SMILES string of the molecule is CCCCCCCCCCCOC(=O)C(NC(=O)C(NC(=O)C(F)(F)C(F)(F)F)C(C)CC)C(C)CC. The van der Waals surface area contributed by atoms with E-state index >= 15 is 0 Å². The van der Waals surface area contributed by atoms with Gasteiger partial charge in [-0.3, -0.25) is 9.59 Å². The third-order valence-electron chi connectivity index (χ3n) is 6.68. The van der Waals surface area contributed by atoms with Crippen molar-refractivity contribution in [1.29, 1.82) is 0 Å². The number of nitrogens with one attached hydrogen (secondary N) is 2. The maximum absolute atomic E-state index is 13.5. The Morgan fingerprint density at radius 2 is 1.16 bits per heavy atom. The molecule has 0 aromatic rings. The number of amides is 2. The summed E-state index contributed by atoms with van der Waals surface area (Å²) >= 11 is 0. The molecule has 0 bridgehead atoms. The lowest BCUT2D eigenvalue weighted by atomic mass is 9.95. The van der Waals surface area contributed by atoms with Crippen LogP contribution in [0, 0.1) is 11.8 Å². The largest absolute Gasteiger partial charge is 0.464 e. The van der Waals surface area contributed by atoms with Gasteiger partial charge in [-0.15, -0.1) is 0 Å². The average Bonchev–Trinajstić information content (AvgIpc) is 2.84. The number of carbonyl (C=O) groups is 3. The molecule has 0 saturated carbocycles. The van der Waals surface area contributed by atoms with Crippen LogP contribution in [0.2, 0.25) is 0 Å². The average molecular weight is 545 g/mol. The van der Waals surface area contributed by atoms with Crippen molar-refractivity contribution in [3.05, 3.63) is 0 Å². The van der Waals surface area contributed by atoms with E-state index in [1.165, 1.54) is 44.3 Å². The molecule has 0 aromatic carbocycles. The Kier molecular flexibility index (Phi) is 16.6. The number of ether oxygens (including phenoxy) is 1. The molecule has 0 saturated heterocycles. The summed E-state index contributed by atoms with van der Waals surface area (Å²) < 4.78 is 70.0. The molecule has 0 heterocycles. The second-order valence-electron chi connectivity index (χ2n) is 9.78. The third-order valence-corrected chi connectivity index (χ3v) is 6.68. The first-order chi connectivity index (χ1) is 17.2. The monoisotopic (exact) mass is 544 g/mol. The fourth-order valence-electron chi connectivity index (χ4n) is 3.65. The van der Waals surface area contributed by atoms with E-state index in [-0.39, 0.29) is 13.0 Å². The van der Waals surface area contributed by atoms with Gasteiger partial charge in [-0.05, 0) is 18.3 Å². The number of alkyl halides is 5. The molecule has 4 unspecified atom stereocenters. The molecule has 0 aliphatic carbocycles. The van der Waals surface area contributed by atoms with Crippen molar-refractivity contribution in [3.63, 3.8) is 0 Å². The maximum Gasteiger partial charge on any atom is 0.463 e. The Morgan fingerprint density at radius 1 is 0.703 bits per heavy atom. The molecular formula is C26H45F5N2O4. The number of halogens is 5. The zero-order chi connectivity index (χ0) is 28.6. The van der Waals surface area contributed by atoms with Crippen LogP contribution in [-0.4, -0.2) is 48.6 Å². The lowest BCUT2D eigenvalue weighted by Gasteiger charge is -2.29. The summed E-state index contributed by atoms with van der Waals surface area (Å²) in [7, 11) is 0. The number of hydrogen-bond donors (Lipinski definition) is 2. The fraction of sp³-hybridized carbons (Fsp3) is 0.885. The molecule has 11 heteroatoms. The standard InChI is InChI=1S/C26H45F5N2O4/c1-6-9-10-11-12-13-14-15-16-17-37-23(35)21(19(5)8-3)32-22(34)20(18(4)7-2)33-24(36)25(27,28)26(29,30)31/h18-21H,6-17H2,1-5H3,(H,32,34)(H,33,36). The van der Waals surface area contributed by atoms with E-state index in [1.807, 2.05) is 0 Å². The van der Waals surface area contributed by atoms with Gasteiger partial charge >= 0.3 is 24.0 Å². The van der Waals surface area contributed by atoms with Crippen LogP contribution in [0.5, 0.6) is 0 Å². The molecule has 0 fully saturated rings. The predicted octanol–water partition coefficient (Wildman–Crippen LogP) is 6.32. The van der Waals surface area contributed by atoms with E-state index < -0.39 is 53.8 Å². The zero-order valence-electron chi connectivity index (χ0n) is 22.8. The number of esters is 1. The second kappa shape index (κ2) is 17.5. The van der Waals surface area contributed by atoms with Crippen molar-refractivity contribution in [2.75, 3.05) is 6.61 Å². The number of hydrogen-bond acceptors (Lipinski definition) is 4. The van der Waals surface area contributed by atoms with Gasteiger partial charge in [0.1, 0.15) is 12.1 Å². The molecule has 37 heavy (non-hydrogen) atoms. The van der Waals surface area contributed by atoms with E-state index in [1.54, 1.807) is 20.8 Å².